The molecule has 8 nitrogen and oxygen atoms in total. The summed E-state index contributed by atoms with van der Waals surface area (Å²) in [7, 11) is -0.546. The molecule has 0 saturated heterocycles. The molecule has 2 rings (SSSR count). The van der Waals surface area contributed by atoms with Gasteiger partial charge in [0.15, 0.2) is 0 Å². The molecular formula is C26H37N3O5S. The zero-order valence-corrected chi connectivity index (χ0v) is 21.9. The van der Waals surface area contributed by atoms with E-state index in [1.807, 2.05) is 31.2 Å². The van der Waals surface area contributed by atoms with Gasteiger partial charge in [-0.2, -0.15) is 0 Å². The summed E-state index contributed by atoms with van der Waals surface area (Å²) in [6, 6.07) is 14.9. The number of amides is 2. The van der Waals surface area contributed by atoms with Gasteiger partial charge in [-0.3, -0.25) is 9.59 Å². The summed E-state index contributed by atoms with van der Waals surface area (Å²) < 4.78 is 32.0. The van der Waals surface area contributed by atoms with E-state index in [4.69, 9.17) is 4.74 Å². The molecule has 0 radical (unpaired) electrons. The van der Waals surface area contributed by atoms with Gasteiger partial charge in [0, 0.05) is 33.1 Å². The molecular weight excluding hydrogens is 466 g/mol. The number of hydrogen-bond donors (Lipinski definition) is 1. The minimum absolute atomic E-state index is 0.116. The highest BCUT2D eigenvalue weighted by atomic mass is 32.2. The van der Waals surface area contributed by atoms with Crippen LogP contribution in [0.15, 0.2) is 59.5 Å². The van der Waals surface area contributed by atoms with Gasteiger partial charge in [0.1, 0.15) is 11.8 Å². The third kappa shape index (κ3) is 8.36. The number of sulfonamides is 1. The number of nitrogens with zero attached hydrogens (tertiary/aromatic N) is 2. The molecule has 0 heterocycles. The first kappa shape index (κ1) is 28.3. The van der Waals surface area contributed by atoms with Crippen LogP contribution < -0.4 is 10.1 Å². The molecule has 2 aromatic carbocycles. The van der Waals surface area contributed by atoms with E-state index in [1.54, 1.807) is 49.3 Å². The zero-order chi connectivity index (χ0) is 25.8. The van der Waals surface area contributed by atoms with Crippen molar-refractivity contribution >= 4 is 21.8 Å². The Balaban J connectivity index is 2.08. The van der Waals surface area contributed by atoms with Crippen molar-refractivity contribution in [2.24, 2.45) is 0 Å². The maximum Gasteiger partial charge on any atom is 0.242 e. The second-order valence-electron chi connectivity index (χ2n) is 8.44. The summed E-state index contributed by atoms with van der Waals surface area (Å²) in [5.74, 6) is 0.248. The number of hydrogen-bond acceptors (Lipinski definition) is 5. The predicted molar refractivity (Wildman–Crippen MR) is 136 cm³/mol. The van der Waals surface area contributed by atoms with Crippen molar-refractivity contribution in [2.75, 3.05) is 27.2 Å². The minimum Gasteiger partial charge on any atom is -0.497 e. The average molecular weight is 504 g/mol. The molecule has 2 aromatic rings. The van der Waals surface area contributed by atoms with Gasteiger partial charge >= 0.3 is 0 Å². The molecule has 0 unspecified atom stereocenters. The number of rotatable bonds is 14. The molecule has 0 spiro atoms. The van der Waals surface area contributed by atoms with Crippen molar-refractivity contribution in [1.29, 1.82) is 0 Å². The van der Waals surface area contributed by atoms with Gasteiger partial charge in [-0.05, 0) is 49.6 Å². The van der Waals surface area contributed by atoms with Gasteiger partial charge in [0.25, 0.3) is 0 Å². The van der Waals surface area contributed by atoms with E-state index < -0.39 is 16.1 Å². The Kier molecular flexibility index (Phi) is 11.2. The summed E-state index contributed by atoms with van der Waals surface area (Å²) in [5.41, 5.74) is 0.842. The molecule has 192 valence electrons. The van der Waals surface area contributed by atoms with Crippen molar-refractivity contribution in [2.45, 2.75) is 57.0 Å². The van der Waals surface area contributed by atoms with Crippen molar-refractivity contribution in [3.05, 3.63) is 60.2 Å². The molecule has 0 aliphatic rings. The Morgan fingerprint density at radius 2 is 1.77 bits per heavy atom. The highest BCUT2D eigenvalue weighted by molar-refractivity contribution is 7.89. The number of carbonyl (C=O) groups is 2. The molecule has 9 heteroatoms. The third-order valence-corrected chi connectivity index (χ3v) is 7.67. The first-order valence-corrected chi connectivity index (χ1v) is 13.4. The number of ether oxygens (including phenoxy) is 1. The Hall–Kier alpha value is -2.91. The third-order valence-electron chi connectivity index (χ3n) is 5.80. The monoisotopic (exact) mass is 503 g/mol. The normalized spacial score (nSPS) is 12.3. The largest absolute Gasteiger partial charge is 0.497 e. The molecule has 0 aliphatic heterocycles. The average Bonchev–Trinajstić information content (AvgIpc) is 2.87. The molecule has 0 saturated carbocycles. The molecule has 2 amide bonds. The van der Waals surface area contributed by atoms with Crippen LogP contribution >= 0.6 is 0 Å². The minimum atomic E-state index is -3.63. The number of carbonyl (C=O) groups excluding carboxylic acids is 2. The summed E-state index contributed by atoms with van der Waals surface area (Å²) in [6.07, 6.45) is 2.27. The second-order valence-corrected chi connectivity index (χ2v) is 10.5. The standard InChI is InChI=1S/C26H37N3O5S/c1-5-6-17-27-26(31)21(2)29(20-22-12-10-13-23(19-22)34-4)25(30)16-11-18-28(3)35(32,33)24-14-8-7-9-15-24/h7-10,12-15,19,21H,5-6,11,16-18,20H2,1-4H3,(H,27,31)/t21-/m0/s1. The lowest BCUT2D eigenvalue weighted by Crippen LogP contribution is -2.47. The van der Waals surface area contributed by atoms with Crippen molar-refractivity contribution in [3.63, 3.8) is 0 Å². The molecule has 0 aliphatic carbocycles. The summed E-state index contributed by atoms with van der Waals surface area (Å²) in [5, 5.41) is 2.89. The smallest absolute Gasteiger partial charge is 0.242 e. The zero-order valence-electron chi connectivity index (χ0n) is 21.1. The Morgan fingerprint density at radius 3 is 2.43 bits per heavy atom. The van der Waals surface area contributed by atoms with Crippen LogP contribution in [0.25, 0.3) is 0 Å². The Bertz CT molecular complexity index is 1060. The van der Waals surface area contributed by atoms with E-state index in [2.05, 4.69) is 5.32 Å². The number of unbranched alkanes of at least 4 members (excludes halogenated alkanes) is 1. The van der Waals surface area contributed by atoms with E-state index in [0.717, 1.165) is 18.4 Å². The van der Waals surface area contributed by atoms with Crippen LogP contribution in [-0.4, -0.2) is 62.7 Å². The van der Waals surface area contributed by atoms with Crippen LogP contribution in [0.3, 0.4) is 0 Å². The van der Waals surface area contributed by atoms with Crippen LogP contribution in [0.1, 0.15) is 45.1 Å². The predicted octanol–water partition coefficient (Wildman–Crippen LogP) is 3.43. The molecule has 1 atom stereocenters. The van der Waals surface area contributed by atoms with Crippen LogP contribution in [0.4, 0.5) is 0 Å². The molecule has 0 fully saturated rings. The van der Waals surface area contributed by atoms with Crippen molar-refractivity contribution in [3.8, 4) is 5.75 Å². The molecule has 0 bridgehead atoms. The lowest BCUT2D eigenvalue weighted by Gasteiger charge is -2.29. The van der Waals surface area contributed by atoms with E-state index >= 15 is 0 Å². The lowest BCUT2D eigenvalue weighted by molar-refractivity contribution is -0.140. The van der Waals surface area contributed by atoms with Crippen LogP contribution in [0.2, 0.25) is 0 Å². The Labute approximate surface area is 209 Å². The van der Waals surface area contributed by atoms with Crippen LogP contribution in [0.5, 0.6) is 5.75 Å². The second kappa shape index (κ2) is 13.8. The molecule has 0 aromatic heterocycles. The van der Waals surface area contributed by atoms with Gasteiger partial charge in [0.2, 0.25) is 21.8 Å². The number of methoxy groups -OCH3 is 1. The van der Waals surface area contributed by atoms with Crippen molar-refractivity contribution in [1.82, 2.24) is 14.5 Å². The van der Waals surface area contributed by atoms with E-state index in [0.29, 0.717) is 18.7 Å². The highest BCUT2D eigenvalue weighted by Gasteiger charge is 2.26. The van der Waals surface area contributed by atoms with Crippen LogP contribution in [0, 0.1) is 0 Å². The maximum atomic E-state index is 13.2. The quantitative estimate of drug-likeness (QED) is 0.399. The lowest BCUT2D eigenvalue weighted by atomic mass is 10.1. The van der Waals surface area contributed by atoms with Crippen molar-refractivity contribution < 1.29 is 22.7 Å². The topological polar surface area (TPSA) is 96.0 Å². The van der Waals surface area contributed by atoms with Gasteiger partial charge in [-0.1, -0.05) is 43.7 Å². The summed E-state index contributed by atoms with van der Waals surface area (Å²) in [4.78, 5) is 27.7. The van der Waals surface area contributed by atoms with E-state index in [9.17, 15) is 18.0 Å². The van der Waals surface area contributed by atoms with Gasteiger partial charge in [-0.15, -0.1) is 0 Å². The Morgan fingerprint density at radius 1 is 1.06 bits per heavy atom. The molecule has 35 heavy (non-hydrogen) atoms. The fourth-order valence-electron chi connectivity index (χ4n) is 3.58. The van der Waals surface area contributed by atoms with E-state index in [1.165, 1.54) is 11.4 Å². The van der Waals surface area contributed by atoms with Gasteiger partial charge in [0.05, 0.1) is 12.0 Å². The van der Waals surface area contributed by atoms with Gasteiger partial charge < -0.3 is 15.0 Å². The van der Waals surface area contributed by atoms with Gasteiger partial charge in [-0.25, -0.2) is 12.7 Å². The molecule has 1 N–H and O–H groups in total. The maximum absolute atomic E-state index is 13.2. The first-order chi connectivity index (χ1) is 16.7. The number of benzene rings is 2. The van der Waals surface area contributed by atoms with E-state index in [-0.39, 0.29) is 36.2 Å². The summed E-state index contributed by atoms with van der Waals surface area (Å²) >= 11 is 0. The fraction of sp³-hybridized carbons (Fsp3) is 0.462. The summed E-state index contributed by atoms with van der Waals surface area (Å²) in [6.45, 7) is 4.75. The van der Waals surface area contributed by atoms with Crippen LogP contribution in [-0.2, 0) is 26.2 Å². The first-order valence-electron chi connectivity index (χ1n) is 11.9. The fourth-order valence-corrected chi connectivity index (χ4v) is 4.81. The SMILES string of the molecule is CCCCNC(=O)[C@H](C)N(Cc1cccc(OC)c1)C(=O)CCCN(C)S(=O)(=O)c1ccccc1. The highest BCUT2D eigenvalue weighted by Crippen LogP contribution is 2.18. The number of nitrogens with one attached hydrogen (secondary N) is 1.